The maximum absolute atomic E-state index is 13.8. The Morgan fingerprint density at radius 1 is 1.21 bits per heavy atom. The number of hydrogen-bond acceptors (Lipinski definition) is 5. The molecule has 0 saturated heterocycles. The molecule has 4 atom stereocenters. The van der Waals surface area contributed by atoms with Crippen LogP contribution in [-0.4, -0.2) is 50.2 Å². The molecule has 38 heavy (non-hydrogen) atoms. The van der Waals surface area contributed by atoms with Gasteiger partial charge in [0.2, 0.25) is 11.8 Å². The van der Waals surface area contributed by atoms with Crippen molar-refractivity contribution in [1.82, 2.24) is 19.9 Å². The van der Waals surface area contributed by atoms with Gasteiger partial charge in [0.1, 0.15) is 5.78 Å². The SMILES string of the molecule is O=C(CCC(F)(F)F)N[C@H](O)c1cnn2cc([C@@H](CCC(=O)[C@@H]3C[C@H]3CF)C3CCC(F)(F)CC3)nc2c1. The summed E-state index contributed by atoms with van der Waals surface area (Å²) >= 11 is 0. The van der Waals surface area contributed by atoms with Crippen LogP contribution in [0.1, 0.15) is 81.2 Å². The van der Waals surface area contributed by atoms with Gasteiger partial charge in [0.15, 0.2) is 11.9 Å². The summed E-state index contributed by atoms with van der Waals surface area (Å²) in [5, 5.41) is 16.5. The van der Waals surface area contributed by atoms with E-state index in [2.05, 4.69) is 15.4 Å². The lowest BCUT2D eigenvalue weighted by molar-refractivity contribution is -0.145. The number of Topliss-reactive ketones (excluding diaryl/α,β-unsaturated/α-hetero) is 1. The van der Waals surface area contributed by atoms with Crippen LogP contribution in [0.3, 0.4) is 0 Å². The molecule has 2 saturated carbocycles. The number of nitrogens with one attached hydrogen (secondary N) is 1. The number of amides is 1. The summed E-state index contributed by atoms with van der Waals surface area (Å²) in [7, 11) is 0. The number of carbonyl (C=O) groups excluding carboxylic acids is 2. The van der Waals surface area contributed by atoms with Gasteiger partial charge in [-0.2, -0.15) is 18.3 Å². The first-order valence-corrected chi connectivity index (χ1v) is 12.7. The number of hydrogen-bond donors (Lipinski definition) is 2. The quantitative estimate of drug-likeness (QED) is 0.303. The summed E-state index contributed by atoms with van der Waals surface area (Å²) < 4.78 is 78.9. The van der Waals surface area contributed by atoms with Crippen LogP contribution < -0.4 is 5.32 Å². The zero-order valence-corrected chi connectivity index (χ0v) is 20.6. The van der Waals surface area contributed by atoms with Crippen LogP contribution in [-0.2, 0) is 9.59 Å². The third-order valence-corrected chi connectivity index (χ3v) is 7.56. The van der Waals surface area contributed by atoms with Gasteiger partial charge in [-0.1, -0.05) is 0 Å². The first kappa shape index (κ1) is 28.3. The number of halogens is 6. The van der Waals surface area contributed by atoms with Gasteiger partial charge < -0.3 is 10.4 Å². The van der Waals surface area contributed by atoms with E-state index < -0.39 is 43.8 Å². The standard InChI is InChI=1S/C25H30F6N4O3/c26-11-15-9-18(15)20(36)2-1-17(14-3-6-24(27,28)7-4-14)19-13-35-21(33-19)10-16(12-32-35)23(38)34-22(37)5-8-25(29,30)31/h10,12-15,17-18,23,38H,1-9,11H2,(H,34,37)/t15-,17-,18+,23+/m0/s1. The predicted octanol–water partition coefficient (Wildman–Crippen LogP) is 5.04. The minimum Gasteiger partial charge on any atom is -0.369 e. The van der Waals surface area contributed by atoms with Gasteiger partial charge >= 0.3 is 6.18 Å². The number of aromatic nitrogens is 3. The number of aliphatic hydroxyl groups excluding tert-OH is 1. The van der Waals surface area contributed by atoms with Crippen LogP contribution in [0.5, 0.6) is 0 Å². The van der Waals surface area contributed by atoms with Crippen molar-refractivity contribution in [2.75, 3.05) is 6.67 Å². The Morgan fingerprint density at radius 3 is 2.55 bits per heavy atom. The molecule has 2 aromatic heterocycles. The number of aliphatic hydroxyl groups is 1. The van der Waals surface area contributed by atoms with E-state index in [-0.39, 0.29) is 72.8 Å². The Bertz CT molecular complexity index is 1140. The lowest BCUT2D eigenvalue weighted by Crippen LogP contribution is -2.29. The zero-order chi connectivity index (χ0) is 27.7. The molecule has 4 rings (SSSR count). The molecule has 0 unspecified atom stereocenters. The van der Waals surface area contributed by atoms with Crippen LogP contribution in [0, 0.1) is 17.8 Å². The van der Waals surface area contributed by atoms with Crippen molar-refractivity contribution >= 4 is 17.3 Å². The number of rotatable bonds is 11. The molecule has 7 nitrogen and oxygen atoms in total. The van der Waals surface area contributed by atoms with Gasteiger partial charge in [0.05, 0.1) is 31.2 Å². The van der Waals surface area contributed by atoms with E-state index in [1.807, 2.05) is 0 Å². The second-order valence-electron chi connectivity index (χ2n) is 10.4. The zero-order valence-electron chi connectivity index (χ0n) is 20.6. The molecule has 2 heterocycles. The lowest BCUT2D eigenvalue weighted by Gasteiger charge is -2.33. The summed E-state index contributed by atoms with van der Waals surface area (Å²) in [4.78, 5) is 28.8. The van der Waals surface area contributed by atoms with Gasteiger partial charge in [0.25, 0.3) is 0 Å². The predicted molar refractivity (Wildman–Crippen MR) is 123 cm³/mol. The third kappa shape index (κ3) is 7.23. The van der Waals surface area contributed by atoms with Gasteiger partial charge in [-0.3, -0.25) is 14.0 Å². The van der Waals surface area contributed by atoms with Crippen LogP contribution in [0.4, 0.5) is 26.3 Å². The van der Waals surface area contributed by atoms with E-state index in [4.69, 9.17) is 0 Å². The summed E-state index contributed by atoms with van der Waals surface area (Å²) in [5.41, 5.74) is 0.919. The number of alkyl halides is 6. The average Bonchev–Trinajstić information content (AvgIpc) is 3.53. The van der Waals surface area contributed by atoms with E-state index in [0.29, 0.717) is 18.5 Å². The van der Waals surface area contributed by atoms with Gasteiger partial charge in [-0.05, 0) is 43.6 Å². The minimum absolute atomic E-state index is 0.0349. The molecular formula is C25H30F6N4O3. The first-order valence-electron chi connectivity index (χ1n) is 12.7. The van der Waals surface area contributed by atoms with E-state index in [1.54, 1.807) is 6.20 Å². The summed E-state index contributed by atoms with van der Waals surface area (Å²) in [6.45, 7) is -0.535. The first-order chi connectivity index (χ1) is 17.8. The number of fused-ring (bicyclic) bond motifs is 1. The normalized spacial score (nSPS) is 23.2. The molecule has 1 amide bonds. The van der Waals surface area contributed by atoms with Crippen molar-refractivity contribution in [3.8, 4) is 0 Å². The molecule has 2 aliphatic rings. The molecule has 210 valence electrons. The average molecular weight is 549 g/mol. The molecule has 0 aromatic carbocycles. The highest BCUT2D eigenvalue weighted by Crippen LogP contribution is 2.45. The number of ketones is 1. The summed E-state index contributed by atoms with van der Waals surface area (Å²) in [6, 6.07) is 1.42. The van der Waals surface area contributed by atoms with Crippen molar-refractivity contribution < 1.29 is 41.0 Å². The number of nitrogens with zero attached hydrogens (tertiary/aromatic N) is 3. The molecule has 2 fully saturated rings. The fourth-order valence-corrected chi connectivity index (χ4v) is 5.19. The smallest absolute Gasteiger partial charge is 0.369 e. The maximum atomic E-state index is 13.8. The molecule has 0 aliphatic heterocycles. The molecule has 0 radical (unpaired) electrons. The van der Waals surface area contributed by atoms with E-state index in [9.17, 15) is 41.0 Å². The Morgan fingerprint density at radius 2 is 1.92 bits per heavy atom. The number of imidazole rings is 1. The summed E-state index contributed by atoms with van der Waals surface area (Å²) in [6.07, 6.45) is -4.31. The second kappa shape index (κ2) is 11.2. The van der Waals surface area contributed by atoms with Crippen LogP contribution >= 0.6 is 0 Å². The highest BCUT2D eigenvalue weighted by atomic mass is 19.4. The van der Waals surface area contributed by atoms with Crippen molar-refractivity contribution in [3.05, 3.63) is 29.7 Å². The van der Waals surface area contributed by atoms with Gasteiger partial charge in [0, 0.05) is 43.1 Å². The van der Waals surface area contributed by atoms with Crippen molar-refractivity contribution in [1.29, 1.82) is 0 Å². The van der Waals surface area contributed by atoms with E-state index in [1.165, 1.54) is 16.8 Å². The molecule has 2 N–H and O–H groups in total. The Kier molecular flexibility index (Phi) is 8.34. The topological polar surface area (TPSA) is 96.6 Å². The maximum Gasteiger partial charge on any atom is 0.389 e. The largest absolute Gasteiger partial charge is 0.389 e. The fourth-order valence-electron chi connectivity index (χ4n) is 5.19. The van der Waals surface area contributed by atoms with Crippen molar-refractivity contribution in [2.24, 2.45) is 17.8 Å². The Labute approximate surface area is 215 Å². The molecule has 2 aliphatic carbocycles. The highest BCUT2D eigenvalue weighted by Gasteiger charge is 2.43. The van der Waals surface area contributed by atoms with E-state index >= 15 is 0 Å². The van der Waals surface area contributed by atoms with Crippen LogP contribution in [0.15, 0.2) is 18.5 Å². The third-order valence-electron chi connectivity index (χ3n) is 7.56. The molecule has 2 aromatic rings. The van der Waals surface area contributed by atoms with Gasteiger partial charge in [-0.25, -0.2) is 18.3 Å². The molecule has 0 spiro atoms. The van der Waals surface area contributed by atoms with Gasteiger partial charge in [-0.15, -0.1) is 0 Å². The lowest BCUT2D eigenvalue weighted by atomic mass is 9.75. The second-order valence-corrected chi connectivity index (χ2v) is 10.4. The Hall–Kier alpha value is -2.70. The number of carbonyl (C=O) groups is 2. The minimum atomic E-state index is -4.50. The highest BCUT2D eigenvalue weighted by molar-refractivity contribution is 5.83. The summed E-state index contributed by atoms with van der Waals surface area (Å²) in [5.74, 6) is -4.70. The van der Waals surface area contributed by atoms with E-state index in [0.717, 1.165) is 0 Å². The molecule has 0 bridgehead atoms. The van der Waals surface area contributed by atoms with Crippen LogP contribution in [0.25, 0.3) is 5.65 Å². The van der Waals surface area contributed by atoms with Crippen molar-refractivity contribution in [3.63, 3.8) is 0 Å². The van der Waals surface area contributed by atoms with Crippen molar-refractivity contribution in [2.45, 2.75) is 82.0 Å². The molecule has 13 heteroatoms. The monoisotopic (exact) mass is 548 g/mol. The molecular weight excluding hydrogens is 518 g/mol. The van der Waals surface area contributed by atoms with Crippen LogP contribution in [0.2, 0.25) is 0 Å². The fraction of sp³-hybridized carbons (Fsp3) is 0.680. The Balaban J connectivity index is 1.48.